The van der Waals surface area contributed by atoms with Gasteiger partial charge in [-0.3, -0.25) is 0 Å². The van der Waals surface area contributed by atoms with Crippen molar-refractivity contribution in [2.75, 3.05) is 24.2 Å². The molecule has 0 aromatic carbocycles. The molecule has 0 saturated heterocycles. The van der Waals surface area contributed by atoms with Crippen LogP contribution in [0.3, 0.4) is 0 Å². The Hall–Kier alpha value is -0.670. The molecule has 5 heteroatoms. The van der Waals surface area contributed by atoms with Gasteiger partial charge >= 0.3 is 0 Å². The zero-order chi connectivity index (χ0) is 13.7. The molecule has 1 aliphatic carbocycles. The van der Waals surface area contributed by atoms with Crippen LogP contribution in [-0.4, -0.2) is 18.6 Å². The van der Waals surface area contributed by atoms with Crippen LogP contribution in [0.5, 0.6) is 0 Å². The van der Waals surface area contributed by atoms with Crippen molar-refractivity contribution < 1.29 is 0 Å². The molecule has 2 N–H and O–H groups in total. The fraction of sp³-hybridized carbons (Fsp3) is 0.643. The number of nitrogens with zero attached hydrogens (tertiary/aromatic N) is 1. The minimum atomic E-state index is 0.545. The first-order valence-electron chi connectivity index (χ1n) is 6.98. The molecular formula is C14H21Cl2N3. The summed E-state index contributed by atoms with van der Waals surface area (Å²) in [6.45, 7) is 0.911. The smallest absolute Gasteiger partial charge is 0.147 e. The third-order valence-corrected chi connectivity index (χ3v) is 4.30. The summed E-state index contributed by atoms with van der Waals surface area (Å²) in [6.07, 6.45) is 8.10. The van der Waals surface area contributed by atoms with Crippen molar-refractivity contribution >= 4 is 34.8 Å². The molecule has 0 atom stereocenters. The van der Waals surface area contributed by atoms with E-state index in [0.717, 1.165) is 12.5 Å². The Labute approximate surface area is 125 Å². The van der Waals surface area contributed by atoms with Crippen LogP contribution in [0.1, 0.15) is 38.5 Å². The fourth-order valence-electron chi connectivity index (χ4n) is 2.66. The van der Waals surface area contributed by atoms with Gasteiger partial charge in [-0.25, -0.2) is 4.98 Å². The highest BCUT2D eigenvalue weighted by Crippen LogP contribution is 2.30. The van der Waals surface area contributed by atoms with Crippen molar-refractivity contribution in [2.45, 2.75) is 38.5 Å². The average molecular weight is 302 g/mol. The molecule has 106 valence electrons. The maximum Gasteiger partial charge on any atom is 0.147 e. The number of hydrogen-bond donors (Lipinski definition) is 2. The highest BCUT2D eigenvalue weighted by atomic mass is 35.5. The number of halogens is 2. The van der Waals surface area contributed by atoms with Crippen LogP contribution in [0, 0.1) is 5.92 Å². The van der Waals surface area contributed by atoms with Crippen molar-refractivity contribution in [2.24, 2.45) is 5.92 Å². The van der Waals surface area contributed by atoms with Gasteiger partial charge in [0, 0.05) is 13.6 Å². The molecule has 1 aliphatic rings. The van der Waals surface area contributed by atoms with Crippen LogP contribution < -0.4 is 10.6 Å². The van der Waals surface area contributed by atoms with Crippen LogP contribution in [0.15, 0.2) is 6.07 Å². The molecule has 2 rings (SSSR count). The molecule has 1 heterocycles. The second-order valence-corrected chi connectivity index (χ2v) is 5.93. The Morgan fingerprint density at radius 2 is 1.89 bits per heavy atom. The summed E-state index contributed by atoms with van der Waals surface area (Å²) < 4.78 is 0. The van der Waals surface area contributed by atoms with E-state index in [0.29, 0.717) is 21.7 Å². The van der Waals surface area contributed by atoms with Gasteiger partial charge in [0.25, 0.3) is 0 Å². The molecule has 1 aromatic heterocycles. The molecule has 1 saturated carbocycles. The van der Waals surface area contributed by atoms with E-state index in [-0.39, 0.29) is 0 Å². The van der Waals surface area contributed by atoms with Crippen LogP contribution in [0.2, 0.25) is 10.0 Å². The number of hydrogen-bond acceptors (Lipinski definition) is 3. The normalized spacial score (nSPS) is 15.7. The summed E-state index contributed by atoms with van der Waals surface area (Å²) in [5, 5.41) is 7.37. The van der Waals surface area contributed by atoms with Crippen molar-refractivity contribution in [3.05, 3.63) is 16.1 Å². The van der Waals surface area contributed by atoms with Gasteiger partial charge in [0.2, 0.25) is 0 Å². The Kier molecular flexibility index (Phi) is 5.59. The zero-order valence-electron chi connectivity index (χ0n) is 11.3. The van der Waals surface area contributed by atoms with Crippen molar-refractivity contribution in [3.63, 3.8) is 0 Å². The Bertz CT molecular complexity index is 417. The summed E-state index contributed by atoms with van der Waals surface area (Å²) in [4.78, 5) is 4.37. The van der Waals surface area contributed by atoms with Gasteiger partial charge in [-0.1, -0.05) is 48.9 Å². The zero-order valence-corrected chi connectivity index (χ0v) is 12.8. The Morgan fingerprint density at radius 3 is 2.58 bits per heavy atom. The van der Waals surface area contributed by atoms with Gasteiger partial charge in [0.05, 0.1) is 10.0 Å². The predicted molar refractivity (Wildman–Crippen MR) is 83.5 cm³/mol. The monoisotopic (exact) mass is 301 g/mol. The lowest BCUT2D eigenvalue weighted by Crippen LogP contribution is -2.07. The SMILES string of the molecule is CNc1nc(NCCCC2CCCC2)c(Cl)cc1Cl. The van der Waals surface area contributed by atoms with Gasteiger partial charge < -0.3 is 10.6 Å². The molecule has 0 unspecified atom stereocenters. The van der Waals surface area contributed by atoms with E-state index in [1.54, 1.807) is 13.1 Å². The van der Waals surface area contributed by atoms with Crippen molar-refractivity contribution in [1.82, 2.24) is 4.98 Å². The first kappa shape index (κ1) is 14.7. The van der Waals surface area contributed by atoms with Gasteiger partial charge in [-0.15, -0.1) is 0 Å². The number of anilines is 2. The first-order chi connectivity index (χ1) is 9.20. The topological polar surface area (TPSA) is 37.0 Å². The molecule has 0 spiro atoms. The standard InChI is InChI=1S/C14H21Cl2N3/c1-17-13-11(15)9-12(16)14(19-13)18-8-4-7-10-5-2-3-6-10/h9-10H,2-8H2,1H3,(H2,17,18,19). The van der Waals surface area contributed by atoms with E-state index in [1.807, 2.05) is 0 Å². The first-order valence-corrected chi connectivity index (χ1v) is 7.74. The van der Waals surface area contributed by atoms with Crippen LogP contribution >= 0.6 is 23.2 Å². The summed E-state index contributed by atoms with van der Waals surface area (Å²) in [7, 11) is 1.80. The second kappa shape index (κ2) is 7.20. The molecule has 0 amide bonds. The van der Waals surface area contributed by atoms with Gasteiger partial charge in [-0.05, 0) is 24.8 Å². The number of rotatable bonds is 6. The number of pyridine rings is 1. The van der Waals surface area contributed by atoms with E-state index in [2.05, 4.69) is 15.6 Å². The number of nitrogens with one attached hydrogen (secondary N) is 2. The van der Waals surface area contributed by atoms with E-state index in [4.69, 9.17) is 23.2 Å². The minimum Gasteiger partial charge on any atom is -0.372 e. The lowest BCUT2D eigenvalue weighted by Gasteiger charge is -2.12. The van der Waals surface area contributed by atoms with Gasteiger partial charge in [-0.2, -0.15) is 0 Å². The van der Waals surface area contributed by atoms with Crippen LogP contribution in [0.25, 0.3) is 0 Å². The molecule has 1 aromatic rings. The molecule has 19 heavy (non-hydrogen) atoms. The quantitative estimate of drug-likeness (QED) is 0.740. The Morgan fingerprint density at radius 1 is 1.21 bits per heavy atom. The molecule has 0 bridgehead atoms. The summed E-state index contributed by atoms with van der Waals surface area (Å²) in [6, 6.07) is 1.72. The average Bonchev–Trinajstić information content (AvgIpc) is 2.90. The number of aromatic nitrogens is 1. The van der Waals surface area contributed by atoms with E-state index in [9.17, 15) is 0 Å². The maximum atomic E-state index is 6.13. The lowest BCUT2D eigenvalue weighted by molar-refractivity contribution is 0.491. The van der Waals surface area contributed by atoms with Crippen molar-refractivity contribution in [3.8, 4) is 0 Å². The third kappa shape index (κ3) is 4.15. The molecule has 1 fully saturated rings. The molecular weight excluding hydrogens is 281 g/mol. The van der Waals surface area contributed by atoms with E-state index < -0.39 is 0 Å². The van der Waals surface area contributed by atoms with Gasteiger partial charge in [0.15, 0.2) is 0 Å². The summed E-state index contributed by atoms with van der Waals surface area (Å²) >= 11 is 12.1. The predicted octanol–water partition coefficient (Wildman–Crippen LogP) is 4.81. The summed E-state index contributed by atoms with van der Waals surface area (Å²) in [5.74, 6) is 2.30. The lowest BCUT2D eigenvalue weighted by atomic mass is 10.0. The largest absolute Gasteiger partial charge is 0.372 e. The molecule has 0 radical (unpaired) electrons. The van der Waals surface area contributed by atoms with Gasteiger partial charge in [0.1, 0.15) is 11.6 Å². The second-order valence-electron chi connectivity index (χ2n) is 5.12. The van der Waals surface area contributed by atoms with Crippen molar-refractivity contribution in [1.29, 1.82) is 0 Å². The molecule has 3 nitrogen and oxygen atoms in total. The summed E-state index contributed by atoms with van der Waals surface area (Å²) in [5.41, 5.74) is 0. The fourth-order valence-corrected chi connectivity index (χ4v) is 3.18. The highest BCUT2D eigenvalue weighted by Gasteiger charge is 2.14. The van der Waals surface area contributed by atoms with Crippen LogP contribution in [-0.2, 0) is 0 Å². The van der Waals surface area contributed by atoms with Crippen LogP contribution in [0.4, 0.5) is 11.6 Å². The Balaban J connectivity index is 1.81. The minimum absolute atomic E-state index is 0.545. The molecule has 0 aliphatic heterocycles. The van der Waals surface area contributed by atoms with E-state index in [1.165, 1.54) is 38.5 Å². The maximum absolute atomic E-state index is 6.13. The van der Waals surface area contributed by atoms with E-state index >= 15 is 0 Å². The highest BCUT2D eigenvalue weighted by molar-refractivity contribution is 6.37. The third-order valence-electron chi connectivity index (χ3n) is 3.72.